The van der Waals surface area contributed by atoms with Crippen molar-refractivity contribution in [1.82, 2.24) is 14.8 Å². The number of carbonyl (C=O) groups excluding carboxylic acids is 2. The molecule has 0 saturated heterocycles. The average Bonchev–Trinajstić information content (AvgIpc) is 2.87. The van der Waals surface area contributed by atoms with Gasteiger partial charge in [0.25, 0.3) is 0 Å². The topological polar surface area (TPSA) is 64.8 Å². The summed E-state index contributed by atoms with van der Waals surface area (Å²) >= 11 is 1.34. The monoisotopic (exact) mass is 249 g/mol. The van der Waals surface area contributed by atoms with Gasteiger partial charge in [-0.2, -0.15) is 5.10 Å². The first kappa shape index (κ1) is 11.7. The molecule has 2 heterocycles. The quantitative estimate of drug-likeness (QED) is 0.610. The van der Waals surface area contributed by atoms with E-state index in [9.17, 15) is 9.59 Å². The number of thiazole rings is 1. The summed E-state index contributed by atoms with van der Waals surface area (Å²) in [5.41, 5.74) is 3.07. The maximum atomic E-state index is 11.9. The molecule has 17 heavy (non-hydrogen) atoms. The highest BCUT2D eigenvalue weighted by atomic mass is 32.1. The molecule has 0 unspecified atom stereocenters. The summed E-state index contributed by atoms with van der Waals surface area (Å²) in [4.78, 5) is 27.5. The van der Waals surface area contributed by atoms with Crippen molar-refractivity contribution in [2.45, 2.75) is 13.3 Å². The Bertz CT molecular complexity index is 557. The van der Waals surface area contributed by atoms with E-state index in [2.05, 4.69) is 10.1 Å². The Hall–Kier alpha value is -1.82. The van der Waals surface area contributed by atoms with Crippen molar-refractivity contribution in [3.63, 3.8) is 0 Å². The standard InChI is InChI=1S/C11H11N3O2S/c1-7-8(4-14(2)13-7)10(15)3-11(16)9-5-17-6-12-9/h4-6H,3H2,1-2H3. The number of carbonyl (C=O) groups is 2. The minimum Gasteiger partial charge on any atom is -0.294 e. The van der Waals surface area contributed by atoms with Gasteiger partial charge >= 0.3 is 0 Å². The molecular formula is C11H11N3O2S. The molecular weight excluding hydrogens is 238 g/mol. The molecule has 0 atom stereocenters. The van der Waals surface area contributed by atoms with E-state index in [1.807, 2.05) is 0 Å². The number of hydrogen-bond donors (Lipinski definition) is 0. The van der Waals surface area contributed by atoms with Crippen molar-refractivity contribution >= 4 is 22.9 Å². The Morgan fingerprint density at radius 3 is 2.71 bits per heavy atom. The second kappa shape index (κ2) is 4.58. The lowest BCUT2D eigenvalue weighted by molar-refractivity contribution is 0.0891. The van der Waals surface area contributed by atoms with Gasteiger partial charge in [-0.05, 0) is 6.92 Å². The van der Waals surface area contributed by atoms with Gasteiger partial charge in [0.05, 0.1) is 23.2 Å². The van der Waals surface area contributed by atoms with Gasteiger partial charge in [-0.3, -0.25) is 14.3 Å². The number of ketones is 2. The Balaban J connectivity index is 2.12. The fourth-order valence-corrected chi connectivity index (χ4v) is 2.11. The van der Waals surface area contributed by atoms with Crippen LogP contribution in [0.3, 0.4) is 0 Å². The normalized spacial score (nSPS) is 10.5. The van der Waals surface area contributed by atoms with Crippen molar-refractivity contribution in [1.29, 1.82) is 0 Å². The minimum absolute atomic E-state index is 0.156. The van der Waals surface area contributed by atoms with Gasteiger partial charge in [0.1, 0.15) is 5.69 Å². The Morgan fingerprint density at radius 1 is 1.41 bits per heavy atom. The lowest BCUT2D eigenvalue weighted by Crippen LogP contribution is -2.09. The zero-order valence-corrected chi connectivity index (χ0v) is 10.3. The second-order valence-corrected chi connectivity index (χ2v) is 4.42. The number of rotatable bonds is 4. The van der Waals surface area contributed by atoms with Crippen molar-refractivity contribution in [3.8, 4) is 0 Å². The van der Waals surface area contributed by atoms with Gasteiger partial charge in [0.2, 0.25) is 0 Å². The highest BCUT2D eigenvalue weighted by Gasteiger charge is 2.18. The first-order chi connectivity index (χ1) is 8.08. The summed E-state index contributed by atoms with van der Waals surface area (Å²) in [5.74, 6) is -0.465. The predicted molar refractivity (Wildman–Crippen MR) is 63.3 cm³/mol. The predicted octanol–water partition coefficient (Wildman–Crippen LogP) is 1.64. The third kappa shape index (κ3) is 2.47. The van der Waals surface area contributed by atoms with Crippen LogP contribution in [0.1, 0.15) is 33.0 Å². The fraction of sp³-hybridized carbons (Fsp3) is 0.273. The number of hydrogen-bond acceptors (Lipinski definition) is 5. The molecule has 88 valence electrons. The molecule has 0 fully saturated rings. The molecule has 0 saturated carbocycles. The molecule has 6 heteroatoms. The van der Waals surface area contributed by atoms with Gasteiger partial charge in [0.15, 0.2) is 11.6 Å². The van der Waals surface area contributed by atoms with Crippen molar-refractivity contribution in [2.24, 2.45) is 7.05 Å². The first-order valence-corrected chi connectivity index (χ1v) is 5.97. The van der Waals surface area contributed by atoms with Crippen LogP contribution in [0, 0.1) is 6.92 Å². The first-order valence-electron chi connectivity index (χ1n) is 5.02. The SMILES string of the molecule is Cc1nn(C)cc1C(=O)CC(=O)c1cscn1. The van der Waals surface area contributed by atoms with E-state index in [1.165, 1.54) is 11.3 Å². The van der Waals surface area contributed by atoms with Crippen LogP contribution in [0.5, 0.6) is 0 Å². The summed E-state index contributed by atoms with van der Waals surface area (Å²) in [6.07, 6.45) is 1.47. The van der Waals surface area contributed by atoms with E-state index in [0.717, 1.165) is 0 Å². The van der Waals surface area contributed by atoms with Gasteiger partial charge in [0, 0.05) is 18.6 Å². The number of nitrogens with zero attached hydrogens (tertiary/aromatic N) is 3. The summed E-state index contributed by atoms with van der Waals surface area (Å²) in [5, 5.41) is 5.72. The largest absolute Gasteiger partial charge is 0.294 e. The van der Waals surface area contributed by atoms with Crippen LogP contribution in [0.2, 0.25) is 0 Å². The van der Waals surface area contributed by atoms with Crippen LogP contribution in [0.4, 0.5) is 0 Å². The molecule has 0 aliphatic carbocycles. The molecule has 0 spiro atoms. The van der Waals surface area contributed by atoms with Crippen LogP contribution in [0.25, 0.3) is 0 Å². The molecule has 2 rings (SSSR count). The molecule has 0 bridgehead atoms. The van der Waals surface area contributed by atoms with Crippen molar-refractivity contribution in [2.75, 3.05) is 0 Å². The smallest absolute Gasteiger partial charge is 0.189 e. The van der Waals surface area contributed by atoms with E-state index in [-0.39, 0.29) is 18.0 Å². The van der Waals surface area contributed by atoms with Gasteiger partial charge in [-0.15, -0.1) is 11.3 Å². The van der Waals surface area contributed by atoms with Crippen molar-refractivity contribution in [3.05, 3.63) is 34.0 Å². The third-order valence-electron chi connectivity index (χ3n) is 2.35. The van der Waals surface area contributed by atoms with Crippen LogP contribution in [0.15, 0.2) is 17.1 Å². The van der Waals surface area contributed by atoms with E-state index in [0.29, 0.717) is 17.0 Å². The molecule has 2 aromatic heterocycles. The summed E-state index contributed by atoms with van der Waals surface area (Å²) in [6, 6.07) is 0. The number of aromatic nitrogens is 3. The zero-order valence-electron chi connectivity index (χ0n) is 9.51. The van der Waals surface area contributed by atoms with E-state index >= 15 is 0 Å². The summed E-state index contributed by atoms with van der Waals surface area (Å²) in [7, 11) is 1.74. The van der Waals surface area contributed by atoms with E-state index < -0.39 is 0 Å². The molecule has 0 radical (unpaired) electrons. The van der Waals surface area contributed by atoms with Gasteiger partial charge in [-0.1, -0.05) is 0 Å². The van der Waals surface area contributed by atoms with Gasteiger partial charge in [-0.25, -0.2) is 4.98 Å². The number of aryl methyl sites for hydroxylation is 2. The highest BCUT2D eigenvalue weighted by molar-refractivity contribution is 7.07. The highest BCUT2D eigenvalue weighted by Crippen LogP contribution is 2.11. The van der Waals surface area contributed by atoms with Crippen LogP contribution < -0.4 is 0 Å². The van der Waals surface area contributed by atoms with Crippen LogP contribution in [-0.4, -0.2) is 26.3 Å². The number of Topliss-reactive ketones (excluding diaryl/α,β-unsaturated/α-hetero) is 2. The average molecular weight is 249 g/mol. The van der Waals surface area contributed by atoms with Crippen molar-refractivity contribution < 1.29 is 9.59 Å². The molecule has 0 N–H and O–H groups in total. The lowest BCUT2D eigenvalue weighted by atomic mass is 10.1. The molecule has 2 aromatic rings. The maximum absolute atomic E-state index is 11.9. The lowest BCUT2D eigenvalue weighted by Gasteiger charge is -1.96. The Morgan fingerprint density at radius 2 is 2.18 bits per heavy atom. The second-order valence-electron chi connectivity index (χ2n) is 3.70. The molecule has 0 aromatic carbocycles. The molecule has 5 nitrogen and oxygen atoms in total. The molecule has 0 aliphatic heterocycles. The maximum Gasteiger partial charge on any atom is 0.189 e. The zero-order chi connectivity index (χ0) is 12.4. The molecule has 0 amide bonds. The van der Waals surface area contributed by atoms with E-state index in [4.69, 9.17) is 0 Å². The third-order valence-corrected chi connectivity index (χ3v) is 2.94. The minimum atomic E-state index is -0.250. The van der Waals surface area contributed by atoms with Crippen LogP contribution >= 0.6 is 11.3 Å². The molecule has 0 aliphatic rings. The Kier molecular flexibility index (Phi) is 3.14. The van der Waals surface area contributed by atoms with Crippen LogP contribution in [-0.2, 0) is 7.05 Å². The van der Waals surface area contributed by atoms with E-state index in [1.54, 1.807) is 35.7 Å². The fourth-order valence-electron chi connectivity index (χ4n) is 1.56. The summed E-state index contributed by atoms with van der Waals surface area (Å²) in [6.45, 7) is 1.75. The van der Waals surface area contributed by atoms with Gasteiger partial charge < -0.3 is 0 Å². The Labute approximate surface area is 102 Å². The summed E-state index contributed by atoms with van der Waals surface area (Å²) < 4.78 is 1.57.